The lowest BCUT2D eigenvalue weighted by molar-refractivity contribution is 0.174. The molecule has 3 aromatic rings. The van der Waals surface area contributed by atoms with Crippen LogP contribution in [0.1, 0.15) is 0 Å². The van der Waals surface area contributed by atoms with Crippen molar-refractivity contribution < 1.29 is 23.4 Å². The van der Waals surface area contributed by atoms with Crippen molar-refractivity contribution >= 4 is 11.0 Å². The van der Waals surface area contributed by atoms with Gasteiger partial charge in [-0.3, -0.25) is 0 Å². The van der Waals surface area contributed by atoms with Gasteiger partial charge in [-0.05, 0) is 24.3 Å². The fourth-order valence-electron chi connectivity index (χ4n) is 2.56. The third-order valence-electron chi connectivity index (χ3n) is 3.69. The topological polar surface area (TPSA) is 50.1 Å². The monoisotopic (exact) mass is 298 g/mol. The molecule has 0 radical (unpaired) electrons. The number of hydrogen-bond donors (Lipinski definition) is 0. The van der Waals surface area contributed by atoms with E-state index < -0.39 is 0 Å². The van der Waals surface area contributed by atoms with Gasteiger partial charge in [0.1, 0.15) is 22.8 Å². The molecular formula is C17H14O5. The highest BCUT2D eigenvalue weighted by Crippen LogP contribution is 2.41. The molecule has 0 unspecified atom stereocenters. The molecule has 112 valence electrons. The van der Waals surface area contributed by atoms with Gasteiger partial charge in [0.2, 0.25) is 6.79 Å². The maximum Gasteiger partial charge on any atom is 0.231 e. The van der Waals surface area contributed by atoms with E-state index in [2.05, 4.69) is 0 Å². The van der Waals surface area contributed by atoms with Gasteiger partial charge in [-0.25, -0.2) is 0 Å². The number of ether oxygens (including phenoxy) is 4. The van der Waals surface area contributed by atoms with Crippen LogP contribution in [0.2, 0.25) is 0 Å². The van der Waals surface area contributed by atoms with Crippen LogP contribution in [-0.2, 0) is 0 Å². The SMILES string of the molecule is COc1ccc(-c2cc3cc4c(cc3o2)OCO4)c(OC)c1. The molecule has 1 aliphatic heterocycles. The lowest BCUT2D eigenvalue weighted by Gasteiger charge is -2.08. The Hall–Kier alpha value is -2.82. The maximum absolute atomic E-state index is 5.94. The van der Waals surface area contributed by atoms with Crippen LogP contribution in [-0.4, -0.2) is 21.0 Å². The fraction of sp³-hybridized carbons (Fsp3) is 0.176. The minimum Gasteiger partial charge on any atom is -0.497 e. The quantitative estimate of drug-likeness (QED) is 0.735. The summed E-state index contributed by atoms with van der Waals surface area (Å²) in [5.41, 5.74) is 1.61. The van der Waals surface area contributed by atoms with Crippen LogP contribution in [0.15, 0.2) is 40.8 Å². The van der Waals surface area contributed by atoms with E-state index in [0.29, 0.717) is 11.5 Å². The Morgan fingerprint density at radius 3 is 2.50 bits per heavy atom. The fourth-order valence-corrected chi connectivity index (χ4v) is 2.56. The number of furan rings is 1. The van der Waals surface area contributed by atoms with Crippen molar-refractivity contribution in [2.24, 2.45) is 0 Å². The van der Waals surface area contributed by atoms with Crippen LogP contribution in [0.5, 0.6) is 23.0 Å². The molecule has 0 aliphatic carbocycles. The minimum absolute atomic E-state index is 0.251. The van der Waals surface area contributed by atoms with E-state index in [9.17, 15) is 0 Å². The lowest BCUT2D eigenvalue weighted by Crippen LogP contribution is -1.92. The van der Waals surface area contributed by atoms with Crippen molar-refractivity contribution in [2.45, 2.75) is 0 Å². The molecule has 5 nitrogen and oxygen atoms in total. The molecule has 0 saturated carbocycles. The molecule has 2 aromatic carbocycles. The highest BCUT2D eigenvalue weighted by atomic mass is 16.7. The zero-order valence-corrected chi connectivity index (χ0v) is 12.2. The van der Waals surface area contributed by atoms with E-state index in [0.717, 1.165) is 33.8 Å². The van der Waals surface area contributed by atoms with Gasteiger partial charge in [0.05, 0.1) is 19.8 Å². The molecule has 0 atom stereocenters. The van der Waals surface area contributed by atoms with Crippen LogP contribution in [0.25, 0.3) is 22.3 Å². The zero-order chi connectivity index (χ0) is 15.1. The molecule has 0 amide bonds. The molecule has 1 aromatic heterocycles. The second-order valence-corrected chi connectivity index (χ2v) is 4.92. The van der Waals surface area contributed by atoms with Crippen LogP contribution < -0.4 is 18.9 Å². The standard InChI is InChI=1S/C17H14O5/c1-18-11-3-4-12(14(7-11)19-2)15-5-10-6-16-17(21-9-20-16)8-13(10)22-15/h3-8H,9H2,1-2H3. The Morgan fingerprint density at radius 2 is 1.73 bits per heavy atom. The third-order valence-corrected chi connectivity index (χ3v) is 3.69. The van der Waals surface area contributed by atoms with Gasteiger partial charge in [-0.2, -0.15) is 0 Å². The van der Waals surface area contributed by atoms with Gasteiger partial charge >= 0.3 is 0 Å². The molecule has 2 heterocycles. The number of fused-ring (bicyclic) bond motifs is 2. The van der Waals surface area contributed by atoms with E-state index in [1.54, 1.807) is 14.2 Å². The van der Waals surface area contributed by atoms with E-state index >= 15 is 0 Å². The first-order chi connectivity index (χ1) is 10.8. The zero-order valence-electron chi connectivity index (χ0n) is 12.2. The van der Waals surface area contributed by atoms with E-state index in [-0.39, 0.29) is 6.79 Å². The molecular weight excluding hydrogens is 284 g/mol. The average Bonchev–Trinajstić information content (AvgIpc) is 3.17. The molecule has 22 heavy (non-hydrogen) atoms. The summed E-state index contributed by atoms with van der Waals surface area (Å²) in [6, 6.07) is 11.3. The summed E-state index contributed by atoms with van der Waals surface area (Å²) in [5, 5.41) is 0.956. The number of hydrogen-bond acceptors (Lipinski definition) is 5. The van der Waals surface area contributed by atoms with Crippen molar-refractivity contribution in [3.63, 3.8) is 0 Å². The van der Waals surface area contributed by atoms with Crippen LogP contribution in [0.3, 0.4) is 0 Å². The summed E-state index contributed by atoms with van der Waals surface area (Å²) in [7, 11) is 3.24. The van der Waals surface area contributed by atoms with Gasteiger partial charge in [-0.1, -0.05) is 0 Å². The summed E-state index contributed by atoms with van der Waals surface area (Å²) in [6.07, 6.45) is 0. The normalized spacial score (nSPS) is 12.6. The molecule has 0 saturated heterocycles. The van der Waals surface area contributed by atoms with Crippen molar-refractivity contribution in [3.8, 4) is 34.3 Å². The van der Waals surface area contributed by atoms with Crippen molar-refractivity contribution in [1.82, 2.24) is 0 Å². The van der Waals surface area contributed by atoms with Crippen molar-refractivity contribution in [2.75, 3.05) is 21.0 Å². The van der Waals surface area contributed by atoms with Crippen molar-refractivity contribution in [3.05, 3.63) is 36.4 Å². The Morgan fingerprint density at radius 1 is 0.909 bits per heavy atom. The summed E-state index contributed by atoms with van der Waals surface area (Å²) < 4.78 is 27.3. The molecule has 0 bridgehead atoms. The highest BCUT2D eigenvalue weighted by Gasteiger charge is 2.18. The van der Waals surface area contributed by atoms with E-state index in [1.807, 2.05) is 36.4 Å². The first-order valence-electron chi connectivity index (χ1n) is 6.84. The predicted molar refractivity (Wildman–Crippen MR) is 80.9 cm³/mol. The molecule has 1 aliphatic rings. The van der Waals surface area contributed by atoms with Crippen molar-refractivity contribution in [1.29, 1.82) is 0 Å². The summed E-state index contributed by atoms with van der Waals surface area (Å²) in [4.78, 5) is 0. The van der Waals surface area contributed by atoms with Gasteiger partial charge in [0.15, 0.2) is 11.5 Å². The van der Waals surface area contributed by atoms with Gasteiger partial charge in [-0.15, -0.1) is 0 Å². The molecule has 0 fully saturated rings. The predicted octanol–water partition coefficient (Wildman–Crippen LogP) is 3.85. The molecule has 0 N–H and O–H groups in total. The van der Waals surface area contributed by atoms with E-state index in [4.69, 9.17) is 23.4 Å². The van der Waals surface area contributed by atoms with E-state index in [1.165, 1.54) is 0 Å². The second kappa shape index (κ2) is 4.87. The number of rotatable bonds is 3. The van der Waals surface area contributed by atoms with Crippen LogP contribution >= 0.6 is 0 Å². The summed E-state index contributed by atoms with van der Waals surface area (Å²) >= 11 is 0. The molecule has 0 spiro atoms. The Balaban J connectivity index is 1.84. The Kier molecular flexibility index (Phi) is 2.85. The largest absolute Gasteiger partial charge is 0.497 e. The lowest BCUT2D eigenvalue weighted by atomic mass is 10.1. The first-order valence-corrected chi connectivity index (χ1v) is 6.84. The average molecular weight is 298 g/mol. The smallest absolute Gasteiger partial charge is 0.231 e. The van der Waals surface area contributed by atoms with Crippen LogP contribution in [0.4, 0.5) is 0 Å². The molecule has 5 heteroatoms. The summed E-state index contributed by atoms with van der Waals surface area (Å²) in [5.74, 6) is 3.59. The highest BCUT2D eigenvalue weighted by molar-refractivity contribution is 5.87. The van der Waals surface area contributed by atoms with Crippen LogP contribution in [0, 0.1) is 0 Å². The first kappa shape index (κ1) is 12.9. The summed E-state index contributed by atoms with van der Waals surface area (Å²) in [6.45, 7) is 0.251. The van der Waals surface area contributed by atoms with Gasteiger partial charge in [0.25, 0.3) is 0 Å². The van der Waals surface area contributed by atoms with Gasteiger partial charge in [0, 0.05) is 17.5 Å². The van der Waals surface area contributed by atoms with Gasteiger partial charge < -0.3 is 23.4 Å². The Bertz CT molecular complexity index is 809. The number of methoxy groups -OCH3 is 2. The second-order valence-electron chi connectivity index (χ2n) is 4.92. The molecule has 4 rings (SSSR count). The number of benzene rings is 2. The minimum atomic E-state index is 0.251. The maximum atomic E-state index is 5.94. The third kappa shape index (κ3) is 1.94. The Labute approximate surface area is 127 Å².